The number of carbonyl (C=O) groups is 1. The predicted octanol–water partition coefficient (Wildman–Crippen LogP) is 6.50. The van der Waals surface area contributed by atoms with Crippen LogP contribution in [0.1, 0.15) is 62.4 Å². The highest BCUT2D eigenvalue weighted by Crippen LogP contribution is 2.29. The van der Waals surface area contributed by atoms with E-state index in [1.807, 2.05) is 60.7 Å². The second kappa shape index (κ2) is 9.35. The Balaban J connectivity index is 1.41. The summed E-state index contributed by atoms with van der Waals surface area (Å²) in [5, 5.41) is 8.94. The molecule has 0 N–H and O–H groups in total. The third kappa shape index (κ3) is 4.88. The predicted molar refractivity (Wildman–Crippen MR) is 127 cm³/mol. The van der Waals surface area contributed by atoms with Crippen LogP contribution in [-0.4, -0.2) is 21.0 Å². The summed E-state index contributed by atoms with van der Waals surface area (Å²) >= 11 is 0. The summed E-state index contributed by atoms with van der Waals surface area (Å²) in [6.45, 7) is 6.74. The highest BCUT2D eigenvalue weighted by Gasteiger charge is 2.20. The standard InChI is InChI=1S/C27H29N3O2/c1-4-5-8-19-27(2,3)21-13-11-20(12-14-21)26(31)32-23-17-15-22(16-18-23)30-28-24-9-6-7-10-25(24)29-30/h6-7,9-18H,4-5,8,19H2,1-3H3. The maximum absolute atomic E-state index is 12.6. The van der Waals surface area contributed by atoms with Gasteiger partial charge >= 0.3 is 5.97 Å². The van der Waals surface area contributed by atoms with E-state index in [1.54, 1.807) is 16.9 Å². The van der Waals surface area contributed by atoms with Crippen LogP contribution in [0.4, 0.5) is 0 Å². The van der Waals surface area contributed by atoms with Crippen LogP contribution in [0.15, 0.2) is 72.8 Å². The van der Waals surface area contributed by atoms with Crippen molar-refractivity contribution in [1.29, 1.82) is 0 Å². The second-order valence-corrected chi connectivity index (χ2v) is 8.78. The summed E-state index contributed by atoms with van der Waals surface area (Å²) in [6.07, 6.45) is 4.82. The maximum Gasteiger partial charge on any atom is 0.343 e. The number of hydrogen-bond donors (Lipinski definition) is 0. The minimum Gasteiger partial charge on any atom is -0.423 e. The van der Waals surface area contributed by atoms with Crippen molar-refractivity contribution < 1.29 is 9.53 Å². The minimum absolute atomic E-state index is 0.0960. The number of unbranched alkanes of at least 4 members (excludes halogenated alkanes) is 2. The van der Waals surface area contributed by atoms with Gasteiger partial charge in [-0.2, -0.15) is 4.80 Å². The Labute approximate surface area is 189 Å². The van der Waals surface area contributed by atoms with E-state index in [9.17, 15) is 4.79 Å². The van der Waals surface area contributed by atoms with Gasteiger partial charge in [0.2, 0.25) is 0 Å². The number of carbonyl (C=O) groups excluding carboxylic acids is 1. The van der Waals surface area contributed by atoms with Gasteiger partial charge in [-0.05, 0) is 65.9 Å². The molecule has 164 valence electrons. The zero-order chi connectivity index (χ0) is 22.6. The molecule has 3 aromatic carbocycles. The molecule has 0 aliphatic rings. The Morgan fingerprint density at radius 3 is 2.09 bits per heavy atom. The van der Waals surface area contributed by atoms with E-state index in [0.717, 1.165) is 23.1 Å². The van der Waals surface area contributed by atoms with Crippen molar-refractivity contribution in [3.05, 3.63) is 83.9 Å². The van der Waals surface area contributed by atoms with Gasteiger partial charge in [0.1, 0.15) is 16.8 Å². The first-order valence-corrected chi connectivity index (χ1v) is 11.2. The van der Waals surface area contributed by atoms with Gasteiger partial charge in [0.25, 0.3) is 0 Å². The van der Waals surface area contributed by atoms with Gasteiger partial charge in [0.15, 0.2) is 0 Å². The van der Waals surface area contributed by atoms with Crippen LogP contribution in [0.3, 0.4) is 0 Å². The number of aromatic nitrogens is 3. The fraction of sp³-hybridized carbons (Fsp3) is 0.296. The Morgan fingerprint density at radius 1 is 0.875 bits per heavy atom. The molecule has 0 radical (unpaired) electrons. The van der Waals surface area contributed by atoms with Crippen LogP contribution in [0.5, 0.6) is 5.75 Å². The average Bonchev–Trinajstić information content (AvgIpc) is 3.24. The third-order valence-electron chi connectivity index (χ3n) is 5.87. The lowest BCUT2D eigenvalue weighted by Crippen LogP contribution is -2.17. The van der Waals surface area contributed by atoms with E-state index in [2.05, 4.69) is 31.0 Å². The van der Waals surface area contributed by atoms with Crippen molar-refractivity contribution in [3.8, 4) is 11.4 Å². The molecular formula is C27H29N3O2. The Hall–Kier alpha value is -3.47. The molecule has 0 unspecified atom stereocenters. The van der Waals surface area contributed by atoms with Crippen LogP contribution in [0.25, 0.3) is 16.7 Å². The lowest BCUT2D eigenvalue weighted by atomic mass is 9.80. The SMILES string of the molecule is CCCCCC(C)(C)c1ccc(C(=O)Oc2ccc(-n3nc4ccccc4n3)cc2)cc1. The second-order valence-electron chi connectivity index (χ2n) is 8.78. The van der Waals surface area contributed by atoms with Crippen LogP contribution in [0, 0.1) is 0 Å². The monoisotopic (exact) mass is 427 g/mol. The topological polar surface area (TPSA) is 57.0 Å². The van der Waals surface area contributed by atoms with E-state index < -0.39 is 0 Å². The molecule has 4 rings (SSSR count). The van der Waals surface area contributed by atoms with Crippen LogP contribution < -0.4 is 4.74 Å². The summed E-state index contributed by atoms with van der Waals surface area (Å²) in [5.41, 5.74) is 4.35. The molecule has 5 heteroatoms. The first-order valence-electron chi connectivity index (χ1n) is 11.2. The van der Waals surface area contributed by atoms with Gasteiger partial charge in [-0.15, -0.1) is 10.2 Å². The number of ether oxygens (including phenoxy) is 1. The molecule has 32 heavy (non-hydrogen) atoms. The van der Waals surface area contributed by atoms with Crippen molar-refractivity contribution in [2.45, 2.75) is 51.9 Å². The van der Waals surface area contributed by atoms with Crippen molar-refractivity contribution in [2.24, 2.45) is 0 Å². The number of nitrogens with zero attached hydrogens (tertiary/aromatic N) is 3. The van der Waals surface area contributed by atoms with Gasteiger partial charge in [0.05, 0.1) is 11.3 Å². The molecule has 0 amide bonds. The summed E-state index contributed by atoms with van der Waals surface area (Å²) in [4.78, 5) is 14.2. The van der Waals surface area contributed by atoms with Crippen molar-refractivity contribution in [2.75, 3.05) is 0 Å². The van der Waals surface area contributed by atoms with Crippen molar-refractivity contribution in [1.82, 2.24) is 15.0 Å². The summed E-state index contributed by atoms with van der Waals surface area (Å²) in [5.74, 6) is 0.121. The average molecular weight is 428 g/mol. The molecule has 0 bridgehead atoms. The number of fused-ring (bicyclic) bond motifs is 1. The molecular weight excluding hydrogens is 398 g/mol. The summed E-state index contributed by atoms with van der Waals surface area (Å²) in [6, 6.07) is 22.7. The van der Waals surface area contributed by atoms with E-state index >= 15 is 0 Å². The van der Waals surface area contributed by atoms with Crippen LogP contribution in [-0.2, 0) is 5.41 Å². The van der Waals surface area contributed by atoms with Crippen LogP contribution in [0.2, 0.25) is 0 Å². The highest BCUT2D eigenvalue weighted by atomic mass is 16.5. The number of esters is 1. The molecule has 0 spiro atoms. The maximum atomic E-state index is 12.6. The molecule has 0 saturated heterocycles. The van der Waals surface area contributed by atoms with Crippen molar-refractivity contribution in [3.63, 3.8) is 0 Å². The zero-order valence-electron chi connectivity index (χ0n) is 18.9. The molecule has 0 aliphatic carbocycles. The van der Waals surface area contributed by atoms with E-state index in [0.29, 0.717) is 11.3 Å². The lowest BCUT2D eigenvalue weighted by Gasteiger charge is -2.25. The van der Waals surface area contributed by atoms with Gasteiger partial charge in [-0.25, -0.2) is 4.79 Å². The molecule has 1 heterocycles. The molecule has 4 aromatic rings. The fourth-order valence-electron chi connectivity index (χ4n) is 3.81. The van der Waals surface area contributed by atoms with E-state index in [-0.39, 0.29) is 11.4 Å². The number of rotatable bonds is 8. The summed E-state index contributed by atoms with van der Waals surface area (Å²) < 4.78 is 5.57. The van der Waals surface area contributed by atoms with Gasteiger partial charge in [-0.1, -0.05) is 64.3 Å². The highest BCUT2D eigenvalue weighted by molar-refractivity contribution is 5.91. The lowest BCUT2D eigenvalue weighted by molar-refractivity contribution is 0.0734. The fourth-order valence-corrected chi connectivity index (χ4v) is 3.81. The largest absolute Gasteiger partial charge is 0.423 e. The molecule has 0 atom stereocenters. The Kier molecular flexibility index (Phi) is 6.35. The van der Waals surface area contributed by atoms with E-state index in [1.165, 1.54) is 24.8 Å². The third-order valence-corrected chi connectivity index (χ3v) is 5.87. The molecule has 0 fully saturated rings. The van der Waals surface area contributed by atoms with Gasteiger partial charge in [-0.3, -0.25) is 0 Å². The van der Waals surface area contributed by atoms with Crippen molar-refractivity contribution >= 4 is 17.0 Å². The van der Waals surface area contributed by atoms with E-state index in [4.69, 9.17) is 4.74 Å². The number of hydrogen-bond acceptors (Lipinski definition) is 4. The van der Waals surface area contributed by atoms with Crippen LogP contribution >= 0.6 is 0 Å². The smallest absolute Gasteiger partial charge is 0.343 e. The quantitative estimate of drug-likeness (QED) is 0.183. The molecule has 5 nitrogen and oxygen atoms in total. The zero-order valence-corrected chi connectivity index (χ0v) is 18.9. The van der Waals surface area contributed by atoms with Gasteiger partial charge in [0, 0.05) is 0 Å². The van der Waals surface area contributed by atoms with Gasteiger partial charge < -0.3 is 4.74 Å². The molecule has 0 saturated carbocycles. The first kappa shape index (κ1) is 21.8. The first-order chi connectivity index (χ1) is 15.5. The minimum atomic E-state index is -0.365. The normalized spacial score (nSPS) is 11.6. The Morgan fingerprint density at radius 2 is 1.50 bits per heavy atom. The number of benzene rings is 3. The summed E-state index contributed by atoms with van der Waals surface area (Å²) in [7, 11) is 0. The Bertz CT molecular complexity index is 1160. The molecule has 0 aliphatic heterocycles. The molecule has 1 aromatic heterocycles.